The summed E-state index contributed by atoms with van der Waals surface area (Å²) < 4.78 is 10.3. The fourth-order valence-electron chi connectivity index (χ4n) is 1.97. The van der Waals surface area contributed by atoms with Crippen molar-refractivity contribution in [2.75, 3.05) is 7.11 Å². The molecule has 0 N–H and O–H groups in total. The summed E-state index contributed by atoms with van der Waals surface area (Å²) in [6.45, 7) is 0. The molecule has 0 saturated heterocycles. The maximum atomic E-state index is 5.16. The summed E-state index contributed by atoms with van der Waals surface area (Å²) in [6, 6.07) is 14.3. The van der Waals surface area contributed by atoms with Gasteiger partial charge in [-0.2, -0.15) is 0 Å². The van der Waals surface area contributed by atoms with Gasteiger partial charge in [-0.1, -0.05) is 12.1 Å². The van der Waals surface area contributed by atoms with Crippen molar-refractivity contribution in [1.82, 2.24) is 0 Å². The maximum absolute atomic E-state index is 5.16. The number of hydrogen-bond donors (Lipinski definition) is 0. The van der Waals surface area contributed by atoms with Crippen LogP contribution in [0, 0.1) is 0 Å². The Morgan fingerprint density at radius 2 is 1.59 bits per heavy atom. The summed E-state index contributed by atoms with van der Waals surface area (Å²) in [6.07, 6.45) is 3.46. The third-order valence-corrected chi connectivity index (χ3v) is 2.90. The van der Waals surface area contributed by atoms with Gasteiger partial charge in [0.25, 0.3) is 0 Å². The minimum atomic E-state index is 0.875. The Kier molecular flexibility index (Phi) is 2.33. The highest BCUT2D eigenvalue weighted by Gasteiger charge is 2.07. The molecule has 0 bridgehead atoms. The number of methoxy groups -OCH3 is 1. The average Bonchev–Trinajstić information content (AvgIpc) is 2.82. The first-order chi connectivity index (χ1) is 8.36. The highest BCUT2D eigenvalue weighted by molar-refractivity contribution is 5.79. The van der Waals surface area contributed by atoms with Gasteiger partial charge in [0.2, 0.25) is 0 Å². The number of rotatable bonds is 2. The average molecular weight is 224 g/mol. The number of hydrogen-bond acceptors (Lipinski definition) is 2. The number of fused-ring (bicyclic) bond motifs is 1. The Morgan fingerprint density at radius 1 is 0.824 bits per heavy atom. The van der Waals surface area contributed by atoms with Crippen LogP contribution in [-0.2, 0) is 0 Å². The predicted molar refractivity (Wildman–Crippen MR) is 67.3 cm³/mol. The van der Waals surface area contributed by atoms with Crippen LogP contribution in [0.2, 0.25) is 0 Å². The minimum absolute atomic E-state index is 0.875. The van der Waals surface area contributed by atoms with Gasteiger partial charge in [-0.25, -0.2) is 0 Å². The Labute approximate surface area is 99.8 Å². The molecule has 0 unspecified atom stereocenters. The van der Waals surface area contributed by atoms with Crippen LogP contribution >= 0.6 is 0 Å². The molecule has 2 heteroatoms. The Hall–Kier alpha value is -2.22. The van der Waals surface area contributed by atoms with E-state index in [4.69, 9.17) is 9.15 Å². The van der Waals surface area contributed by atoms with Gasteiger partial charge >= 0.3 is 0 Å². The first kappa shape index (κ1) is 9.97. The second kappa shape index (κ2) is 3.98. The van der Waals surface area contributed by atoms with Crippen molar-refractivity contribution >= 4 is 0 Å². The molecule has 3 rings (SSSR count). The van der Waals surface area contributed by atoms with E-state index in [1.807, 2.05) is 18.2 Å². The van der Waals surface area contributed by atoms with Crippen molar-refractivity contribution in [3.8, 4) is 28.0 Å². The van der Waals surface area contributed by atoms with Crippen LogP contribution in [0.5, 0.6) is 5.75 Å². The molecule has 2 nitrogen and oxygen atoms in total. The third kappa shape index (κ3) is 1.78. The van der Waals surface area contributed by atoms with Crippen molar-refractivity contribution in [2.45, 2.75) is 0 Å². The van der Waals surface area contributed by atoms with Gasteiger partial charge in [-0.15, -0.1) is 0 Å². The lowest BCUT2D eigenvalue weighted by Crippen LogP contribution is -1.81. The summed E-state index contributed by atoms with van der Waals surface area (Å²) in [5.41, 5.74) is 4.70. The largest absolute Gasteiger partial charge is 0.497 e. The molecule has 0 saturated carbocycles. The Bertz CT molecular complexity index is 563. The lowest BCUT2D eigenvalue weighted by atomic mass is 10.1. The Balaban J connectivity index is 2.05. The molecule has 84 valence electrons. The SMILES string of the molecule is COc1ccc(-c2cc3ccocc-3c2)cc1. The van der Waals surface area contributed by atoms with E-state index in [-0.39, 0.29) is 0 Å². The van der Waals surface area contributed by atoms with Crippen LogP contribution in [0.3, 0.4) is 0 Å². The first-order valence-corrected chi connectivity index (χ1v) is 5.47. The van der Waals surface area contributed by atoms with Crippen molar-refractivity contribution in [2.24, 2.45) is 0 Å². The van der Waals surface area contributed by atoms with Crippen molar-refractivity contribution in [3.63, 3.8) is 0 Å². The van der Waals surface area contributed by atoms with Crippen LogP contribution in [-0.4, -0.2) is 7.11 Å². The highest BCUT2D eigenvalue weighted by atomic mass is 16.5. The van der Waals surface area contributed by atoms with E-state index in [0.29, 0.717) is 0 Å². The van der Waals surface area contributed by atoms with Crippen LogP contribution in [0.1, 0.15) is 0 Å². The van der Waals surface area contributed by atoms with Crippen molar-refractivity contribution in [1.29, 1.82) is 0 Å². The zero-order valence-electron chi connectivity index (χ0n) is 9.51. The number of benzene rings is 1. The van der Waals surface area contributed by atoms with Gasteiger partial charge in [0.15, 0.2) is 0 Å². The molecule has 0 radical (unpaired) electrons. The zero-order chi connectivity index (χ0) is 11.7. The lowest BCUT2D eigenvalue weighted by Gasteiger charge is -2.00. The second-order valence-electron chi connectivity index (χ2n) is 3.94. The quantitative estimate of drug-likeness (QED) is 0.655. The summed E-state index contributed by atoms with van der Waals surface area (Å²) in [4.78, 5) is 0. The van der Waals surface area contributed by atoms with Crippen LogP contribution in [0.4, 0.5) is 0 Å². The van der Waals surface area contributed by atoms with E-state index in [1.165, 1.54) is 16.7 Å². The topological polar surface area (TPSA) is 22.4 Å². The van der Waals surface area contributed by atoms with Gasteiger partial charge < -0.3 is 9.15 Å². The number of ether oxygens (including phenoxy) is 1. The molecular formula is C15H12O2. The smallest absolute Gasteiger partial charge is 0.118 e. The molecule has 1 aliphatic carbocycles. The third-order valence-electron chi connectivity index (χ3n) is 2.90. The fraction of sp³-hybridized carbons (Fsp3) is 0.0667. The van der Waals surface area contributed by atoms with E-state index in [0.717, 1.165) is 11.3 Å². The van der Waals surface area contributed by atoms with Crippen LogP contribution in [0.25, 0.3) is 22.3 Å². The Morgan fingerprint density at radius 3 is 2.29 bits per heavy atom. The molecule has 0 atom stereocenters. The normalized spacial score (nSPS) is 10.6. The summed E-state index contributed by atoms with van der Waals surface area (Å²) >= 11 is 0. The van der Waals surface area contributed by atoms with Crippen LogP contribution < -0.4 is 4.74 Å². The monoisotopic (exact) mass is 224 g/mol. The van der Waals surface area contributed by atoms with Gasteiger partial charge in [0.05, 0.1) is 19.6 Å². The molecule has 1 aromatic carbocycles. The van der Waals surface area contributed by atoms with Crippen molar-refractivity contribution in [3.05, 3.63) is 55.0 Å². The lowest BCUT2D eigenvalue weighted by molar-refractivity contribution is 0.415. The summed E-state index contributed by atoms with van der Waals surface area (Å²) in [5.74, 6) is 0.875. The fourth-order valence-corrected chi connectivity index (χ4v) is 1.97. The van der Waals surface area contributed by atoms with E-state index in [9.17, 15) is 0 Å². The van der Waals surface area contributed by atoms with Crippen LogP contribution in [0.15, 0.2) is 59.4 Å². The minimum Gasteiger partial charge on any atom is -0.497 e. The van der Waals surface area contributed by atoms with Gasteiger partial charge in [-0.05, 0) is 47.0 Å². The molecule has 1 heterocycles. The molecule has 0 fully saturated rings. The highest BCUT2D eigenvalue weighted by Crippen LogP contribution is 2.32. The van der Waals surface area contributed by atoms with E-state index in [2.05, 4.69) is 24.3 Å². The maximum Gasteiger partial charge on any atom is 0.118 e. The summed E-state index contributed by atoms with van der Waals surface area (Å²) in [5, 5.41) is 0. The zero-order valence-corrected chi connectivity index (χ0v) is 9.51. The first-order valence-electron chi connectivity index (χ1n) is 5.47. The molecule has 1 aliphatic heterocycles. The summed E-state index contributed by atoms with van der Waals surface area (Å²) in [7, 11) is 1.67. The molecule has 0 aromatic heterocycles. The molecular weight excluding hydrogens is 212 g/mol. The molecule has 2 aliphatic rings. The van der Waals surface area contributed by atoms with E-state index in [1.54, 1.807) is 19.6 Å². The molecule has 1 aromatic rings. The van der Waals surface area contributed by atoms with Crippen molar-refractivity contribution < 1.29 is 9.15 Å². The predicted octanol–water partition coefficient (Wildman–Crippen LogP) is 4.06. The standard InChI is InChI=1S/C15H12O2/c1-16-15-4-2-11(3-5-15)13-8-12-6-7-17-10-14(12)9-13/h2-10H,1H3. The molecule has 0 amide bonds. The molecule has 0 spiro atoms. The molecule has 17 heavy (non-hydrogen) atoms. The van der Waals surface area contributed by atoms with E-state index < -0.39 is 0 Å². The van der Waals surface area contributed by atoms with Gasteiger partial charge in [0.1, 0.15) is 5.75 Å². The van der Waals surface area contributed by atoms with Gasteiger partial charge in [-0.3, -0.25) is 0 Å². The van der Waals surface area contributed by atoms with E-state index >= 15 is 0 Å². The van der Waals surface area contributed by atoms with Gasteiger partial charge in [0, 0.05) is 5.56 Å². The second-order valence-corrected chi connectivity index (χ2v) is 3.94.